The van der Waals surface area contributed by atoms with Crippen LogP contribution in [-0.4, -0.2) is 16.7 Å². The van der Waals surface area contributed by atoms with E-state index in [4.69, 9.17) is 4.74 Å². The van der Waals surface area contributed by atoms with Gasteiger partial charge in [0.05, 0.1) is 0 Å². The summed E-state index contributed by atoms with van der Waals surface area (Å²) in [6.45, 7) is 5.40. The Morgan fingerprint density at radius 2 is 2.10 bits per heavy atom. The van der Waals surface area contributed by atoms with Crippen molar-refractivity contribution in [3.63, 3.8) is 0 Å². The Bertz CT molecular complexity index is 635. The van der Waals surface area contributed by atoms with E-state index in [1.54, 1.807) is 45.3 Å². The second-order valence-corrected chi connectivity index (χ2v) is 5.52. The van der Waals surface area contributed by atoms with Gasteiger partial charge in [0.2, 0.25) is 0 Å². The number of ether oxygens (including phenoxy) is 1. The molecule has 0 unspecified atom stereocenters. The Labute approximate surface area is 117 Å². The molecular weight excluding hydrogens is 259 g/mol. The zero-order chi connectivity index (χ0) is 14.8. The van der Waals surface area contributed by atoms with Crippen molar-refractivity contribution in [1.29, 1.82) is 0 Å². The number of nitrogens with zero attached hydrogens (tertiary/aromatic N) is 1. The summed E-state index contributed by atoms with van der Waals surface area (Å²) in [4.78, 5) is 15.5. The van der Waals surface area contributed by atoms with E-state index < -0.39 is 11.7 Å². The van der Waals surface area contributed by atoms with Crippen LogP contribution in [0.25, 0.3) is 10.8 Å². The van der Waals surface area contributed by atoms with Gasteiger partial charge in [0.1, 0.15) is 11.4 Å². The topological polar surface area (TPSA) is 51.2 Å². The number of nitrogens with one attached hydrogen (secondary N) is 1. The van der Waals surface area contributed by atoms with Gasteiger partial charge in [0.15, 0.2) is 0 Å². The summed E-state index contributed by atoms with van der Waals surface area (Å²) in [7, 11) is 0. The van der Waals surface area contributed by atoms with Crippen LogP contribution in [0.4, 0.5) is 9.18 Å². The minimum atomic E-state index is -0.572. The number of pyridine rings is 1. The first kappa shape index (κ1) is 14.2. The summed E-state index contributed by atoms with van der Waals surface area (Å²) < 4.78 is 19.0. The third-order valence-electron chi connectivity index (χ3n) is 2.63. The quantitative estimate of drug-likeness (QED) is 0.914. The number of carbonyl (C=O) groups is 1. The Morgan fingerprint density at radius 3 is 2.80 bits per heavy atom. The molecule has 1 N–H and O–H groups in total. The molecule has 1 amide bonds. The molecule has 2 rings (SSSR count). The number of benzene rings is 1. The predicted molar refractivity (Wildman–Crippen MR) is 74.8 cm³/mol. The second kappa shape index (κ2) is 5.45. The van der Waals surface area contributed by atoms with Gasteiger partial charge in [-0.25, -0.2) is 9.18 Å². The molecule has 0 saturated carbocycles. The molecule has 0 atom stereocenters. The molecule has 1 aromatic carbocycles. The van der Waals surface area contributed by atoms with Crippen molar-refractivity contribution in [2.24, 2.45) is 0 Å². The first-order valence-electron chi connectivity index (χ1n) is 6.34. The normalized spacial score (nSPS) is 11.4. The lowest BCUT2D eigenvalue weighted by Crippen LogP contribution is -2.32. The van der Waals surface area contributed by atoms with Crippen LogP contribution in [0.1, 0.15) is 26.3 Å². The molecule has 0 bridgehead atoms. The maximum atomic E-state index is 13.9. The lowest BCUT2D eigenvalue weighted by Gasteiger charge is -2.19. The van der Waals surface area contributed by atoms with E-state index in [2.05, 4.69) is 10.3 Å². The molecule has 1 heterocycles. The van der Waals surface area contributed by atoms with Crippen LogP contribution in [0, 0.1) is 5.82 Å². The smallest absolute Gasteiger partial charge is 0.407 e. The van der Waals surface area contributed by atoms with Gasteiger partial charge >= 0.3 is 6.09 Å². The highest BCUT2D eigenvalue weighted by Gasteiger charge is 2.16. The fraction of sp³-hybridized carbons (Fsp3) is 0.333. The molecule has 106 valence electrons. The van der Waals surface area contributed by atoms with Crippen LogP contribution in [0.2, 0.25) is 0 Å². The van der Waals surface area contributed by atoms with Crippen molar-refractivity contribution in [2.45, 2.75) is 32.9 Å². The van der Waals surface area contributed by atoms with Crippen molar-refractivity contribution < 1.29 is 13.9 Å². The molecule has 20 heavy (non-hydrogen) atoms. The maximum absolute atomic E-state index is 13.9. The number of fused-ring (bicyclic) bond motifs is 1. The summed E-state index contributed by atoms with van der Waals surface area (Å²) in [5, 5.41) is 4.15. The lowest BCUT2D eigenvalue weighted by atomic mass is 10.1. The minimum absolute atomic E-state index is 0.0824. The van der Waals surface area contributed by atoms with E-state index in [0.29, 0.717) is 5.56 Å². The Hall–Kier alpha value is -2.17. The SMILES string of the molecule is CC(C)(C)OC(=O)NCc1cc2ccncc2cc1F. The molecule has 0 fully saturated rings. The first-order chi connectivity index (χ1) is 9.35. The average Bonchev–Trinajstić information content (AvgIpc) is 2.34. The highest BCUT2D eigenvalue weighted by atomic mass is 19.1. The number of hydrogen-bond acceptors (Lipinski definition) is 3. The van der Waals surface area contributed by atoms with Crippen LogP contribution in [-0.2, 0) is 11.3 Å². The molecule has 0 aliphatic carbocycles. The highest BCUT2D eigenvalue weighted by Crippen LogP contribution is 2.18. The second-order valence-electron chi connectivity index (χ2n) is 5.52. The largest absolute Gasteiger partial charge is 0.444 e. The van der Waals surface area contributed by atoms with E-state index >= 15 is 0 Å². The molecule has 0 aliphatic heterocycles. The summed E-state index contributed by atoms with van der Waals surface area (Å²) in [6.07, 6.45) is 2.68. The van der Waals surface area contributed by atoms with Gasteiger partial charge in [0.25, 0.3) is 0 Å². The number of alkyl carbamates (subject to hydrolysis) is 1. The molecule has 0 aliphatic rings. The zero-order valence-corrected chi connectivity index (χ0v) is 11.7. The van der Waals surface area contributed by atoms with Gasteiger partial charge in [-0.15, -0.1) is 0 Å². The van der Waals surface area contributed by atoms with Crippen LogP contribution in [0.3, 0.4) is 0 Å². The number of hydrogen-bond donors (Lipinski definition) is 1. The monoisotopic (exact) mass is 276 g/mol. The van der Waals surface area contributed by atoms with Crippen molar-refractivity contribution in [2.75, 3.05) is 0 Å². The molecule has 0 spiro atoms. The summed E-state index contributed by atoms with van der Waals surface area (Å²) in [5.41, 5.74) is -0.160. The molecule has 4 nitrogen and oxygen atoms in total. The van der Waals surface area contributed by atoms with Gasteiger partial charge in [-0.2, -0.15) is 0 Å². The van der Waals surface area contributed by atoms with Crippen molar-refractivity contribution in [3.8, 4) is 0 Å². The number of aromatic nitrogens is 1. The number of halogens is 1. The Morgan fingerprint density at radius 1 is 1.35 bits per heavy atom. The first-order valence-corrected chi connectivity index (χ1v) is 6.34. The van der Waals surface area contributed by atoms with Crippen LogP contribution < -0.4 is 5.32 Å². The lowest BCUT2D eigenvalue weighted by molar-refractivity contribution is 0.0523. The summed E-state index contributed by atoms with van der Waals surface area (Å²) in [6, 6.07) is 4.91. The maximum Gasteiger partial charge on any atom is 0.407 e. The Balaban J connectivity index is 2.10. The van der Waals surface area contributed by atoms with Crippen LogP contribution in [0.15, 0.2) is 30.6 Å². The van der Waals surface area contributed by atoms with E-state index in [1.807, 2.05) is 0 Å². The van der Waals surface area contributed by atoms with Crippen molar-refractivity contribution in [1.82, 2.24) is 10.3 Å². The van der Waals surface area contributed by atoms with Gasteiger partial charge in [-0.05, 0) is 44.4 Å². The standard InChI is InChI=1S/C15H17FN2O2/c1-15(2,3)20-14(19)18-9-12-6-10-4-5-17-8-11(10)7-13(12)16/h4-8H,9H2,1-3H3,(H,18,19). The zero-order valence-electron chi connectivity index (χ0n) is 11.7. The van der Waals surface area contributed by atoms with E-state index in [0.717, 1.165) is 10.8 Å². The van der Waals surface area contributed by atoms with Gasteiger partial charge < -0.3 is 10.1 Å². The fourth-order valence-electron chi connectivity index (χ4n) is 1.77. The molecular formula is C15H17FN2O2. The van der Waals surface area contributed by atoms with E-state index in [-0.39, 0.29) is 12.4 Å². The van der Waals surface area contributed by atoms with Gasteiger partial charge in [-0.3, -0.25) is 4.98 Å². The summed E-state index contributed by atoms with van der Waals surface area (Å²) in [5.74, 6) is -0.374. The fourth-order valence-corrected chi connectivity index (χ4v) is 1.77. The average molecular weight is 276 g/mol. The molecule has 0 radical (unpaired) electrons. The number of amides is 1. The van der Waals surface area contributed by atoms with Gasteiger partial charge in [0, 0.05) is 29.9 Å². The molecule has 5 heteroatoms. The van der Waals surface area contributed by atoms with Crippen molar-refractivity contribution >= 4 is 16.9 Å². The van der Waals surface area contributed by atoms with Crippen LogP contribution >= 0.6 is 0 Å². The third kappa shape index (κ3) is 3.66. The highest BCUT2D eigenvalue weighted by molar-refractivity contribution is 5.82. The van der Waals surface area contributed by atoms with E-state index in [1.165, 1.54) is 6.07 Å². The number of carbonyl (C=O) groups excluding carboxylic acids is 1. The van der Waals surface area contributed by atoms with Crippen LogP contribution in [0.5, 0.6) is 0 Å². The number of rotatable bonds is 2. The Kier molecular flexibility index (Phi) is 3.88. The molecule has 2 aromatic rings. The molecule has 1 aromatic heterocycles. The molecule has 0 saturated heterocycles. The third-order valence-corrected chi connectivity index (χ3v) is 2.63. The minimum Gasteiger partial charge on any atom is -0.444 e. The predicted octanol–water partition coefficient (Wildman–Crippen LogP) is 3.40. The van der Waals surface area contributed by atoms with E-state index in [9.17, 15) is 9.18 Å². The summed E-state index contributed by atoms with van der Waals surface area (Å²) >= 11 is 0. The van der Waals surface area contributed by atoms with Crippen molar-refractivity contribution in [3.05, 3.63) is 42.0 Å². The van der Waals surface area contributed by atoms with Gasteiger partial charge in [-0.1, -0.05) is 0 Å².